The van der Waals surface area contributed by atoms with Crippen LogP contribution in [0.25, 0.3) is 5.53 Å². The molecular formula is C47H46N8O8. The predicted octanol–water partition coefficient (Wildman–Crippen LogP) is 7.18. The van der Waals surface area contributed by atoms with Gasteiger partial charge in [0, 0.05) is 45.2 Å². The number of amides is 1. The molecule has 3 aromatic heterocycles. The van der Waals surface area contributed by atoms with Gasteiger partial charge >= 0.3 is 17.6 Å². The second-order valence-electron chi connectivity index (χ2n) is 14.3. The first kappa shape index (κ1) is 44.6. The molecular weight excluding hydrogens is 805 g/mol. The van der Waals surface area contributed by atoms with Gasteiger partial charge in [-0.25, -0.2) is 19.4 Å². The number of carboxylic acid groups (broad SMARTS) is 1. The fourth-order valence-corrected chi connectivity index (χ4v) is 6.51. The van der Waals surface area contributed by atoms with Gasteiger partial charge in [-0.15, -0.1) is 5.10 Å². The molecule has 0 aliphatic carbocycles. The van der Waals surface area contributed by atoms with Crippen molar-refractivity contribution < 1.29 is 42.6 Å². The molecule has 3 heterocycles. The van der Waals surface area contributed by atoms with Gasteiger partial charge in [0.2, 0.25) is 0 Å². The van der Waals surface area contributed by atoms with Gasteiger partial charge in [0.05, 0.1) is 36.8 Å². The van der Waals surface area contributed by atoms with E-state index in [1.165, 1.54) is 0 Å². The first-order chi connectivity index (χ1) is 30.4. The molecule has 0 aliphatic heterocycles. The number of aromatic carboxylic acids is 1. The lowest BCUT2D eigenvalue weighted by Crippen LogP contribution is -2.32. The third-order valence-electron chi connectivity index (χ3n) is 9.62. The maximum Gasteiger partial charge on any atom is 0.422 e. The topological polar surface area (TPSA) is 221 Å². The molecule has 0 radical (unpaired) electrons. The molecule has 0 spiro atoms. The first-order valence-electron chi connectivity index (χ1n) is 20.1. The van der Waals surface area contributed by atoms with Crippen molar-refractivity contribution in [2.24, 2.45) is 0 Å². The number of carbonyl (C=O) groups excluding carboxylic acids is 2. The quantitative estimate of drug-likeness (QED) is 0.0380. The Balaban J connectivity index is 0.000000210. The van der Waals surface area contributed by atoms with Crippen LogP contribution in [0.2, 0.25) is 0 Å². The second-order valence-corrected chi connectivity index (χ2v) is 14.3. The van der Waals surface area contributed by atoms with Crippen molar-refractivity contribution in [1.29, 1.82) is 0 Å². The summed E-state index contributed by atoms with van der Waals surface area (Å²) >= 11 is 0. The van der Waals surface area contributed by atoms with Crippen LogP contribution >= 0.6 is 0 Å². The second kappa shape index (κ2) is 21.5. The number of rotatable bonds is 18. The Morgan fingerprint density at radius 3 is 1.73 bits per heavy atom. The number of oxazole rings is 2. The Morgan fingerprint density at radius 1 is 0.714 bits per heavy atom. The number of benzene rings is 4. The summed E-state index contributed by atoms with van der Waals surface area (Å²) in [6.07, 6.45) is 1.60. The summed E-state index contributed by atoms with van der Waals surface area (Å²) in [7, 11) is 0. The molecule has 0 saturated heterocycles. The Labute approximate surface area is 363 Å². The number of ketones is 1. The van der Waals surface area contributed by atoms with E-state index >= 15 is 0 Å². The van der Waals surface area contributed by atoms with Crippen molar-refractivity contribution in [3.8, 4) is 11.5 Å². The highest BCUT2D eigenvalue weighted by molar-refractivity contribution is 6.65. The fourth-order valence-electron chi connectivity index (χ4n) is 6.51. The van der Waals surface area contributed by atoms with Gasteiger partial charge in [-0.05, 0) is 66.9 Å². The molecule has 0 unspecified atom stereocenters. The number of para-hydroxylation sites is 1. The summed E-state index contributed by atoms with van der Waals surface area (Å²) in [5, 5.41) is 20.0. The van der Waals surface area contributed by atoms with Gasteiger partial charge < -0.3 is 34.3 Å². The van der Waals surface area contributed by atoms with E-state index in [0.29, 0.717) is 73.5 Å². The van der Waals surface area contributed by atoms with Crippen LogP contribution in [0.3, 0.4) is 0 Å². The molecule has 63 heavy (non-hydrogen) atoms. The number of aryl methyl sites for hydroxylation is 4. The number of hydrogen-bond donors (Lipinski definition) is 2. The van der Waals surface area contributed by atoms with E-state index in [1.54, 1.807) is 66.2 Å². The molecule has 7 aromatic rings. The fraction of sp³-hybridized carbons (Fsp3) is 0.234. The zero-order valence-electron chi connectivity index (χ0n) is 35.3. The van der Waals surface area contributed by atoms with E-state index in [4.69, 9.17) is 23.8 Å². The highest BCUT2D eigenvalue weighted by Gasteiger charge is 2.29. The number of carboxylic acids is 1. The number of nitrogens with one attached hydrogen (secondary N) is 1. The minimum absolute atomic E-state index is 0.0282. The van der Waals surface area contributed by atoms with E-state index in [-0.39, 0.29) is 12.1 Å². The summed E-state index contributed by atoms with van der Waals surface area (Å²) < 4.78 is 24.0. The van der Waals surface area contributed by atoms with Gasteiger partial charge in [0.25, 0.3) is 5.78 Å². The number of aromatic nitrogens is 5. The predicted molar refractivity (Wildman–Crippen MR) is 231 cm³/mol. The van der Waals surface area contributed by atoms with Crippen LogP contribution in [0, 0.1) is 27.7 Å². The summed E-state index contributed by atoms with van der Waals surface area (Å²) in [5.74, 6) is 1.82. The standard InChI is InChI=1S/C24H24N4O4.C23H22N4O4/c1-16-21(25-17(2)32-16)12-13-31-20-10-8-18(9-11-20)14-22-23(24(29)30)26-27-28(22)15-19-6-4-3-5-7-19;1-15-20(25-16(2)31-15)12-13-30-19-10-8-17(9-11-19)14-21(28)22(27-24)23(29)26-18-6-4-3-5-7-18/h3-11H,12-15H2,1-2H3,(H,29,30);3-11H,12-14H2,1-2H3,(H,26,29). The summed E-state index contributed by atoms with van der Waals surface area (Å²) in [6, 6.07) is 32.9. The maximum absolute atomic E-state index is 12.4. The van der Waals surface area contributed by atoms with Gasteiger partial charge in [0.1, 0.15) is 23.0 Å². The molecule has 2 N–H and O–H groups in total. The van der Waals surface area contributed by atoms with Crippen LogP contribution in [0.15, 0.2) is 118 Å². The largest absolute Gasteiger partial charge is 0.493 e. The van der Waals surface area contributed by atoms with Crippen molar-refractivity contribution in [3.05, 3.63) is 177 Å². The van der Waals surface area contributed by atoms with Crippen LogP contribution < -0.4 is 14.8 Å². The molecule has 0 aliphatic rings. The molecule has 1 amide bonds. The Kier molecular flexibility index (Phi) is 15.2. The third-order valence-corrected chi connectivity index (χ3v) is 9.62. The van der Waals surface area contributed by atoms with Crippen LogP contribution in [-0.2, 0) is 41.8 Å². The van der Waals surface area contributed by atoms with E-state index in [1.807, 2.05) is 75.4 Å². The highest BCUT2D eigenvalue weighted by Crippen LogP contribution is 2.20. The SMILES string of the molecule is Cc1nc(CCOc2ccc(CC(=O)C(=[N+]=[N-])C(=O)Nc3ccccc3)cc2)c(C)o1.Cc1nc(CCOc2ccc(Cc3c(C(=O)O)nnn3Cc3ccccc3)cc2)c(C)o1. The van der Waals surface area contributed by atoms with Crippen LogP contribution in [-0.4, -0.2) is 71.4 Å². The smallest absolute Gasteiger partial charge is 0.422 e. The van der Waals surface area contributed by atoms with Crippen molar-refractivity contribution >= 4 is 29.1 Å². The summed E-state index contributed by atoms with van der Waals surface area (Å²) in [6.45, 7) is 8.77. The molecule has 16 heteroatoms. The normalized spacial score (nSPS) is 10.6. The molecule has 0 saturated carbocycles. The summed E-state index contributed by atoms with van der Waals surface area (Å²) in [5.41, 5.74) is 14.0. The van der Waals surface area contributed by atoms with Gasteiger partial charge in [-0.2, -0.15) is 4.79 Å². The number of hydrogen-bond acceptors (Lipinski definition) is 11. The lowest BCUT2D eigenvalue weighted by molar-refractivity contribution is -0.122. The van der Waals surface area contributed by atoms with Gasteiger partial charge in [0.15, 0.2) is 17.5 Å². The van der Waals surface area contributed by atoms with Crippen LogP contribution in [0.5, 0.6) is 11.5 Å². The Bertz CT molecular complexity index is 2680. The molecule has 0 atom stereocenters. The number of carbonyl (C=O) groups is 3. The van der Waals surface area contributed by atoms with Crippen molar-refractivity contribution in [3.63, 3.8) is 0 Å². The van der Waals surface area contributed by atoms with Crippen molar-refractivity contribution in [1.82, 2.24) is 25.0 Å². The lowest BCUT2D eigenvalue weighted by Gasteiger charge is -2.09. The van der Waals surface area contributed by atoms with E-state index in [2.05, 4.69) is 30.4 Å². The average Bonchev–Trinajstić information content (AvgIpc) is 3.93. The number of nitrogens with zero attached hydrogens (tertiary/aromatic N) is 7. The minimum Gasteiger partial charge on any atom is -0.493 e. The Hall–Kier alpha value is -7.97. The van der Waals surface area contributed by atoms with Crippen molar-refractivity contribution in [2.75, 3.05) is 18.5 Å². The van der Waals surface area contributed by atoms with E-state index in [9.17, 15) is 19.5 Å². The zero-order valence-corrected chi connectivity index (χ0v) is 35.3. The number of Topliss-reactive ketones (excluding diaryl/α,β-unsaturated/α-hetero) is 1. The van der Waals surface area contributed by atoms with Gasteiger partial charge in [-0.1, -0.05) is 78.0 Å². The Morgan fingerprint density at radius 2 is 1.24 bits per heavy atom. The molecule has 4 aromatic carbocycles. The monoisotopic (exact) mass is 850 g/mol. The molecule has 322 valence electrons. The average molecular weight is 851 g/mol. The highest BCUT2D eigenvalue weighted by atomic mass is 16.5. The molecule has 7 rings (SSSR count). The van der Waals surface area contributed by atoms with Crippen LogP contribution in [0.4, 0.5) is 5.69 Å². The lowest BCUT2D eigenvalue weighted by atomic mass is 10.1. The van der Waals surface area contributed by atoms with E-state index < -0.39 is 23.4 Å². The van der Waals surface area contributed by atoms with Crippen LogP contribution in [0.1, 0.15) is 67.6 Å². The van der Waals surface area contributed by atoms with E-state index in [0.717, 1.165) is 39.8 Å². The minimum atomic E-state index is -1.09. The van der Waals surface area contributed by atoms with Gasteiger partial charge in [-0.3, -0.25) is 9.59 Å². The van der Waals surface area contributed by atoms with Crippen molar-refractivity contribution in [2.45, 2.75) is 59.9 Å². The maximum atomic E-state index is 12.4. The number of anilines is 1. The number of ether oxygens (including phenoxy) is 2. The third kappa shape index (κ3) is 12.8. The molecule has 0 fully saturated rings. The molecule has 0 bridgehead atoms. The zero-order chi connectivity index (χ0) is 44.7. The summed E-state index contributed by atoms with van der Waals surface area (Å²) in [4.78, 5) is 47.9. The molecule has 16 nitrogen and oxygen atoms in total. The first-order valence-corrected chi connectivity index (χ1v) is 20.1.